The molecule has 0 aliphatic carbocycles. The zero-order chi connectivity index (χ0) is 13.0. The first kappa shape index (κ1) is 12.4. The summed E-state index contributed by atoms with van der Waals surface area (Å²) in [4.78, 5) is 4.15. The van der Waals surface area contributed by atoms with Crippen LogP contribution in [0.25, 0.3) is 0 Å². The van der Waals surface area contributed by atoms with Gasteiger partial charge in [-0.15, -0.1) is 0 Å². The molecule has 0 N–H and O–H groups in total. The summed E-state index contributed by atoms with van der Waals surface area (Å²) in [7, 11) is 1.61. The molecule has 1 aromatic heterocycles. The van der Waals surface area contributed by atoms with E-state index in [0.29, 0.717) is 12.5 Å². The highest BCUT2D eigenvalue weighted by Gasteiger charge is 2.05. The van der Waals surface area contributed by atoms with Crippen LogP contribution < -0.4 is 9.47 Å². The van der Waals surface area contributed by atoms with Crippen LogP contribution in [-0.2, 0) is 6.61 Å². The molecule has 0 radical (unpaired) electrons. The highest BCUT2D eigenvalue weighted by atomic mass is 16.5. The van der Waals surface area contributed by atoms with Crippen molar-refractivity contribution in [1.29, 1.82) is 0 Å². The molecule has 0 saturated heterocycles. The first-order valence-corrected chi connectivity index (χ1v) is 5.88. The van der Waals surface area contributed by atoms with Crippen LogP contribution in [0.1, 0.15) is 16.7 Å². The Hall–Kier alpha value is -2.03. The molecule has 2 rings (SSSR count). The molecule has 2 aromatic rings. The lowest BCUT2D eigenvalue weighted by Crippen LogP contribution is -2.01. The second-order valence-corrected chi connectivity index (χ2v) is 4.23. The van der Waals surface area contributed by atoms with Crippen LogP contribution in [0.3, 0.4) is 0 Å². The Bertz CT molecular complexity index is 538. The maximum atomic E-state index is 5.83. The molecule has 94 valence electrons. The first-order chi connectivity index (χ1) is 8.70. The van der Waals surface area contributed by atoms with Gasteiger partial charge in [0.25, 0.3) is 0 Å². The van der Waals surface area contributed by atoms with E-state index in [1.807, 2.05) is 25.1 Å². The fraction of sp³-hybridized carbons (Fsp3) is 0.267. The third-order valence-electron chi connectivity index (χ3n) is 2.77. The van der Waals surface area contributed by atoms with Crippen molar-refractivity contribution >= 4 is 0 Å². The van der Waals surface area contributed by atoms with Gasteiger partial charge in [-0.3, -0.25) is 0 Å². The van der Waals surface area contributed by atoms with E-state index in [4.69, 9.17) is 9.47 Å². The van der Waals surface area contributed by atoms with Crippen LogP contribution in [0.4, 0.5) is 0 Å². The lowest BCUT2D eigenvalue weighted by atomic mass is 10.1. The fourth-order valence-corrected chi connectivity index (χ4v) is 1.74. The summed E-state index contributed by atoms with van der Waals surface area (Å²) in [6.07, 6.45) is 1.71. The summed E-state index contributed by atoms with van der Waals surface area (Å²) in [6.45, 7) is 4.55. The van der Waals surface area contributed by atoms with E-state index in [9.17, 15) is 0 Å². The number of hydrogen-bond donors (Lipinski definition) is 0. The molecule has 0 saturated carbocycles. The fourth-order valence-electron chi connectivity index (χ4n) is 1.74. The van der Waals surface area contributed by atoms with E-state index in [2.05, 4.69) is 24.0 Å². The smallest absolute Gasteiger partial charge is 0.219 e. The summed E-state index contributed by atoms with van der Waals surface area (Å²) in [5, 5.41) is 0. The molecular weight excluding hydrogens is 226 g/mol. The van der Waals surface area contributed by atoms with E-state index in [1.165, 1.54) is 5.56 Å². The molecule has 1 heterocycles. The summed E-state index contributed by atoms with van der Waals surface area (Å²) in [5.74, 6) is 1.52. The van der Waals surface area contributed by atoms with Crippen molar-refractivity contribution in [3.05, 3.63) is 53.2 Å². The molecular formula is C15H17NO2. The molecule has 0 fully saturated rings. The van der Waals surface area contributed by atoms with Gasteiger partial charge in [-0.25, -0.2) is 4.98 Å². The van der Waals surface area contributed by atoms with Crippen LogP contribution in [0.2, 0.25) is 0 Å². The lowest BCUT2D eigenvalue weighted by molar-refractivity contribution is 0.292. The van der Waals surface area contributed by atoms with Gasteiger partial charge in [0.2, 0.25) is 5.88 Å². The lowest BCUT2D eigenvalue weighted by Gasteiger charge is -2.11. The minimum atomic E-state index is 0.460. The van der Waals surface area contributed by atoms with Gasteiger partial charge in [-0.2, -0.15) is 0 Å². The molecule has 0 atom stereocenters. The maximum absolute atomic E-state index is 5.83. The Morgan fingerprint density at radius 2 is 2.00 bits per heavy atom. The average molecular weight is 243 g/mol. The number of methoxy groups -OCH3 is 1. The Labute approximate surface area is 107 Å². The van der Waals surface area contributed by atoms with Crippen molar-refractivity contribution in [1.82, 2.24) is 4.98 Å². The van der Waals surface area contributed by atoms with Gasteiger partial charge in [0, 0.05) is 6.20 Å². The van der Waals surface area contributed by atoms with Gasteiger partial charge in [0.1, 0.15) is 12.4 Å². The number of rotatable bonds is 4. The van der Waals surface area contributed by atoms with Crippen molar-refractivity contribution in [2.24, 2.45) is 0 Å². The zero-order valence-corrected chi connectivity index (χ0v) is 10.9. The second-order valence-electron chi connectivity index (χ2n) is 4.23. The number of hydrogen-bond acceptors (Lipinski definition) is 3. The molecule has 0 amide bonds. The summed E-state index contributed by atoms with van der Waals surface area (Å²) < 4.78 is 11.0. The third kappa shape index (κ3) is 2.80. The normalized spacial score (nSPS) is 10.2. The van der Waals surface area contributed by atoms with E-state index in [0.717, 1.165) is 16.9 Å². The van der Waals surface area contributed by atoms with Gasteiger partial charge in [-0.05, 0) is 43.2 Å². The van der Waals surface area contributed by atoms with Gasteiger partial charge in [0.15, 0.2) is 0 Å². The minimum Gasteiger partial charge on any atom is -0.488 e. The van der Waals surface area contributed by atoms with E-state index < -0.39 is 0 Å². The minimum absolute atomic E-state index is 0.460. The van der Waals surface area contributed by atoms with Gasteiger partial charge in [0.05, 0.1) is 12.7 Å². The van der Waals surface area contributed by atoms with Crippen LogP contribution >= 0.6 is 0 Å². The number of pyridine rings is 1. The standard InChI is InChI=1S/C15H17NO2/c1-11-6-7-12(2)14(9-11)18-10-13-5-4-8-16-15(13)17-3/h4-9H,10H2,1-3H3. The number of nitrogens with zero attached hydrogens (tertiary/aromatic N) is 1. The monoisotopic (exact) mass is 243 g/mol. The van der Waals surface area contributed by atoms with E-state index in [-0.39, 0.29) is 0 Å². The highest BCUT2D eigenvalue weighted by molar-refractivity contribution is 5.36. The summed E-state index contributed by atoms with van der Waals surface area (Å²) in [5.41, 5.74) is 3.26. The summed E-state index contributed by atoms with van der Waals surface area (Å²) >= 11 is 0. The topological polar surface area (TPSA) is 31.4 Å². The molecule has 1 aromatic carbocycles. The van der Waals surface area contributed by atoms with Crippen LogP contribution in [0.5, 0.6) is 11.6 Å². The predicted octanol–water partition coefficient (Wildman–Crippen LogP) is 3.29. The Morgan fingerprint density at radius 3 is 2.78 bits per heavy atom. The molecule has 3 heteroatoms. The molecule has 0 spiro atoms. The number of ether oxygens (including phenoxy) is 2. The van der Waals surface area contributed by atoms with E-state index in [1.54, 1.807) is 13.3 Å². The Balaban J connectivity index is 2.14. The third-order valence-corrected chi connectivity index (χ3v) is 2.77. The molecule has 0 aliphatic rings. The molecule has 0 aliphatic heterocycles. The molecule has 0 bridgehead atoms. The molecule has 0 unspecified atom stereocenters. The molecule has 3 nitrogen and oxygen atoms in total. The van der Waals surface area contributed by atoms with Crippen LogP contribution in [0.15, 0.2) is 36.5 Å². The number of aryl methyl sites for hydroxylation is 2. The number of benzene rings is 1. The van der Waals surface area contributed by atoms with Crippen molar-refractivity contribution < 1.29 is 9.47 Å². The summed E-state index contributed by atoms with van der Waals surface area (Å²) in [6, 6.07) is 10.0. The first-order valence-electron chi connectivity index (χ1n) is 5.88. The predicted molar refractivity (Wildman–Crippen MR) is 71.0 cm³/mol. The second kappa shape index (κ2) is 5.54. The average Bonchev–Trinajstić information content (AvgIpc) is 2.40. The Kier molecular flexibility index (Phi) is 3.82. The van der Waals surface area contributed by atoms with Crippen molar-refractivity contribution in [2.45, 2.75) is 20.5 Å². The quantitative estimate of drug-likeness (QED) is 0.825. The van der Waals surface area contributed by atoms with Gasteiger partial charge < -0.3 is 9.47 Å². The van der Waals surface area contributed by atoms with Crippen molar-refractivity contribution in [3.63, 3.8) is 0 Å². The highest BCUT2D eigenvalue weighted by Crippen LogP contribution is 2.22. The van der Waals surface area contributed by atoms with Crippen LogP contribution in [-0.4, -0.2) is 12.1 Å². The SMILES string of the molecule is COc1ncccc1COc1cc(C)ccc1C. The van der Waals surface area contributed by atoms with Gasteiger partial charge >= 0.3 is 0 Å². The van der Waals surface area contributed by atoms with Gasteiger partial charge in [-0.1, -0.05) is 12.1 Å². The molecule has 18 heavy (non-hydrogen) atoms. The largest absolute Gasteiger partial charge is 0.488 e. The van der Waals surface area contributed by atoms with E-state index >= 15 is 0 Å². The van der Waals surface area contributed by atoms with Crippen molar-refractivity contribution in [2.75, 3.05) is 7.11 Å². The zero-order valence-electron chi connectivity index (χ0n) is 10.9. The van der Waals surface area contributed by atoms with Crippen molar-refractivity contribution in [3.8, 4) is 11.6 Å². The number of aromatic nitrogens is 1. The Morgan fingerprint density at radius 1 is 1.17 bits per heavy atom. The maximum Gasteiger partial charge on any atom is 0.219 e. The van der Waals surface area contributed by atoms with Crippen LogP contribution in [0, 0.1) is 13.8 Å².